The van der Waals surface area contributed by atoms with Crippen molar-refractivity contribution in [3.63, 3.8) is 0 Å². The number of ether oxygens (including phenoxy) is 2. The molecule has 0 aromatic heterocycles. The minimum absolute atomic E-state index is 0.251. The third-order valence-corrected chi connectivity index (χ3v) is 16.5. The van der Waals surface area contributed by atoms with E-state index < -0.39 is 61.5 Å². The van der Waals surface area contributed by atoms with Gasteiger partial charge in [-0.1, -0.05) is 315 Å². The van der Waals surface area contributed by atoms with E-state index in [1.54, 1.807) is 0 Å². The highest BCUT2D eigenvalue weighted by molar-refractivity contribution is 5.80. The maximum Gasteiger partial charge on any atom is 0.249 e. The molecule has 1 aliphatic heterocycles. The first kappa shape index (κ1) is 72.9. The van der Waals surface area contributed by atoms with Crippen molar-refractivity contribution in [1.82, 2.24) is 5.32 Å². The van der Waals surface area contributed by atoms with Crippen LogP contribution in [0.5, 0.6) is 0 Å². The average molecular weight is 1080 g/mol. The fourth-order valence-corrected chi connectivity index (χ4v) is 11.1. The monoisotopic (exact) mass is 1080 g/mol. The van der Waals surface area contributed by atoms with Crippen LogP contribution in [0.15, 0.2) is 12.2 Å². The van der Waals surface area contributed by atoms with Crippen LogP contribution in [0.2, 0.25) is 0 Å². The Bertz CT molecular complexity index is 1220. The molecule has 76 heavy (non-hydrogen) atoms. The molecule has 0 aliphatic carbocycles. The first-order valence-electron chi connectivity index (χ1n) is 33.5. The number of unbranched alkanes of at least 4 members (excludes halogenated alkanes) is 46. The topological polar surface area (TPSA) is 169 Å². The van der Waals surface area contributed by atoms with E-state index in [-0.39, 0.29) is 6.61 Å². The molecule has 452 valence electrons. The summed E-state index contributed by atoms with van der Waals surface area (Å²) in [6.45, 7) is 3.71. The number of hydrogen-bond donors (Lipinski definition) is 7. The van der Waals surface area contributed by atoms with Crippen LogP contribution in [0, 0.1) is 0 Å². The number of aliphatic hydroxyl groups is 6. The summed E-state index contributed by atoms with van der Waals surface area (Å²) in [5.41, 5.74) is 0. The molecule has 0 saturated carbocycles. The van der Waals surface area contributed by atoms with Gasteiger partial charge in [0.2, 0.25) is 5.91 Å². The number of hydrogen-bond acceptors (Lipinski definition) is 9. The van der Waals surface area contributed by atoms with Crippen LogP contribution in [0.1, 0.15) is 341 Å². The number of rotatable bonds is 59. The van der Waals surface area contributed by atoms with Gasteiger partial charge in [-0.3, -0.25) is 4.79 Å². The van der Waals surface area contributed by atoms with Crippen molar-refractivity contribution in [2.24, 2.45) is 0 Å². The molecular weight excluding hydrogens is 951 g/mol. The second-order valence-corrected chi connectivity index (χ2v) is 23.8. The summed E-state index contributed by atoms with van der Waals surface area (Å²) >= 11 is 0. The zero-order chi connectivity index (χ0) is 55.2. The van der Waals surface area contributed by atoms with Crippen molar-refractivity contribution in [3.05, 3.63) is 12.2 Å². The van der Waals surface area contributed by atoms with Crippen molar-refractivity contribution in [2.75, 3.05) is 13.2 Å². The van der Waals surface area contributed by atoms with Crippen molar-refractivity contribution >= 4 is 5.91 Å². The molecule has 1 amide bonds. The minimum atomic E-state index is -1.59. The van der Waals surface area contributed by atoms with Gasteiger partial charge >= 0.3 is 0 Å². The Labute approximate surface area is 469 Å². The SMILES string of the molecule is CCCCCCCCCCCCCCCCCCCC/C=C\CCCCCCCCCCCCCCCCCCC(O)C(=O)NC(COC1OC(CO)C(O)C(O)C1O)C(O)CCCCCCCCCCCCCCC. The molecule has 0 spiro atoms. The van der Waals surface area contributed by atoms with E-state index in [0.29, 0.717) is 12.8 Å². The Kier molecular flexibility index (Phi) is 53.5. The van der Waals surface area contributed by atoms with Gasteiger partial charge < -0.3 is 45.4 Å². The number of nitrogens with one attached hydrogen (secondary N) is 1. The highest BCUT2D eigenvalue weighted by atomic mass is 16.7. The zero-order valence-electron chi connectivity index (χ0n) is 50.2. The Morgan fingerprint density at radius 3 is 1.07 bits per heavy atom. The first-order valence-corrected chi connectivity index (χ1v) is 33.5. The van der Waals surface area contributed by atoms with Crippen molar-refractivity contribution in [1.29, 1.82) is 0 Å². The van der Waals surface area contributed by atoms with Gasteiger partial charge in [-0.2, -0.15) is 0 Å². The van der Waals surface area contributed by atoms with Gasteiger partial charge in [0.25, 0.3) is 0 Å². The van der Waals surface area contributed by atoms with Gasteiger partial charge in [0.1, 0.15) is 30.5 Å². The molecule has 0 aromatic rings. The Morgan fingerprint density at radius 2 is 0.737 bits per heavy atom. The largest absolute Gasteiger partial charge is 0.394 e. The minimum Gasteiger partial charge on any atom is -0.394 e. The number of aliphatic hydroxyl groups excluding tert-OH is 6. The maximum atomic E-state index is 13.2. The predicted octanol–water partition coefficient (Wildman–Crippen LogP) is 16.5. The molecule has 0 bridgehead atoms. The molecule has 1 rings (SSSR count). The van der Waals surface area contributed by atoms with E-state index in [1.807, 2.05) is 0 Å². The van der Waals surface area contributed by atoms with E-state index >= 15 is 0 Å². The highest BCUT2D eigenvalue weighted by Crippen LogP contribution is 2.24. The standard InChI is InChI=1S/C66H129NO9/c1-3-5-7-9-11-13-15-17-18-19-20-21-22-23-24-25-26-27-28-29-30-31-32-33-34-35-36-37-38-39-40-41-43-45-47-49-51-53-55-60(70)65(74)67-58(57-75-66-64(73)63(72)62(71)61(56-68)76-66)59(69)54-52-50-48-46-44-42-16-14-12-10-8-6-4-2/h29-30,58-64,66,68-73H,3-28,31-57H2,1-2H3,(H,67,74)/b30-29-. The van der Waals surface area contributed by atoms with E-state index in [0.717, 1.165) is 44.9 Å². The summed E-state index contributed by atoms with van der Waals surface area (Å²) in [5.74, 6) is -0.578. The van der Waals surface area contributed by atoms with E-state index in [9.17, 15) is 35.4 Å². The summed E-state index contributed by atoms with van der Waals surface area (Å²) in [6, 6.07) is -0.891. The smallest absolute Gasteiger partial charge is 0.249 e. The van der Waals surface area contributed by atoms with Crippen molar-refractivity contribution in [3.8, 4) is 0 Å². The lowest BCUT2D eigenvalue weighted by molar-refractivity contribution is -0.302. The van der Waals surface area contributed by atoms with Crippen LogP contribution in [0.25, 0.3) is 0 Å². The first-order chi connectivity index (χ1) is 37.3. The fraction of sp³-hybridized carbons (Fsp3) is 0.955. The summed E-state index contributed by atoms with van der Waals surface area (Å²) in [7, 11) is 0. The maximum absolute atomic E-state index is 13.2. The Hall–Kier alpha value is -1.11. The molecule has 10 heteroatoms. The number of carbonyl (C=O) groups is 1. The van der Waals surface area contributed by atoms with Crippen molar-refractivity contribution < 1.29 is 44.9 Å². The van der Waals surface area contributed by atoms with Gasteiger partial charge in [-0.25, -0.2) is 0 Å². The highest BCUT2D eigenvalue weighted by Gasteiger charge is 2.44. The number of allylic oxidation sites excluding steroid dienone is 2. The van der Waals surface area contributed by atoms with Crippen LogP contribution in [0.4, 0.5) is 0 Å². The lowest BCUT2D eigenvalue weighted by Gasteiger charge is -2.40. The molecule has 1 heterocycles. The van der Waals surface area contributed by atoms with Crippen LogP contribution in [0.3, 0.4) is 0 Å². The molecule has 10 nitrogen and oxygen atoms in total. The summed E-state index contributed by atoms with van der Waals surface area (Å²) < 4.78 is 11.2. The van der Waals surface area contributed by atoms with E-state index in [2.05, 4.69) is 31.3 Å². The molecule has 0 aromatic carbocycles. The summed E-state index contributed by atoms with van der Waals surface area (Å²) in [4.78, 5) is 13.2. The second-order valence-electron chi connectivity index (χ2n) is 23.8. The quantitative estimate of drug-likeness (QED) is 0.0232. The molecule has 8 atom stereocenters. The lowest BCUT2D eigenvalue weighted by atomic mass is 9.99. The number of amides is 1. The average Bonchev–Trinajstić information content (AvgIpc) is 3.42. The van der Waals surface area contributed by atoms with Gasteiger partial charge in [-0.15, -0.1) is 0 Å². The Morgan fingerprint density at radius 1 is 0.434 bits per heavy atom. The lowest BCUT2D eigenvalue weighted by Crippen LogP contribution is -2.60. The third kappa shape index (κ3) is 43.7. The predicted molar refractivity (Wildman–Crippen MR) is 320 cm³/mol. The van der Waals surface area contributed by atoms with Gasteiger partial charge in [0.15, 0.2) is 6.29 Å². The molecule has 7 N–H and O–H groups in total. The van der Waals surface area contributed by atoms with Gasteiger partial charge in [0.05, 0.1) is 25.4 Å². The van der Waals surface area contributed by atoms with E-state index in [1.165, 1.54) is 270 Å². The molecule has 8 unspecified atom stereocenters. The van der Waals surface area contributed by atoms with Gasteiger partial charge in [0, 0.05) is 0 Å². The fourth-order valence-electron chi connectivity index (χ4n) is 11.1. The molecule has 1 saturated heterocycles. The van der Waals surface area contributed by atoms with E-state index in [4.69, 9.17) is 9.47 Å². The van der Waals surface area contributed by atoms with Crippen LogP contribution in [-0.4, -0.2) is 98.7 Å². The molecule has 0 radical (unpaired) electrons. The summed E-state index contributed by atoms with van der Waals surface area (Å²) in [6.07, 6.45) is 60.4. The van der Waals surface area contributed by atoms with Crippen molar-refractivity contribution in [2.45, 2.75) is 390 Å². The third-order valence-electron chi connectivity index (χ3n) is 16.5. The number of carbonyl (C=O) groups excluding carboxylic acids is 1. The van der Waals surface area contributed by atoms with Crippen LogP contribution >= 0.6 is 0 Å². The van der Waals surface area contributed by atoms with Crippen LogP contribution < -0.4 is 5.32 Å². The Balaban J connectivity index is 2.05. The second kappa shape index (κ2) is 55.8. The molecule has 1 fully saturated rings. The molecular formula is C66H129NO9. The summed E-state index contributed by atoms with van der Waals surface area (Å²) in [5, 5.41) is 65.2. The molecule has 1 aliphatic rings. The van der Waals surface area contributed by atoms with Gasteiger partial charge in [-0.05, 0) is 38.5 Å². The normalized spacial score (nSPS) is 19.2. The zero-order valence-corrected chi connectivity index (χ0v) is 50.2. The van der Waals surface area contributed by atoms with Crippen LogP contribution in [-0.2, 0) is 14.3 Å².